The molecule has 4 rings (SSSR count). The minimum atomic E-state index is 0.106. The van der Waals surface area contributed by atoms with Crippen molar-refractivity contribution in [1.82, 2.24) is 14.8 Å². The quantitative estimate of drug-likeness (QED) is 0.628. The molecule has 1 amide bonds. The summed E-state index contributed by atoms with van der Waals surface area (Å²) < 4.78 is 1.93. The van der Waals surface area contributed by atoms with Gasteiger partial charge in [0.25, 0.3) is 0 Å². The van der Waals surface area contributed by atoms with Crippen LogP contribution in [0.1, 0.15) is 30.9 Å². The van der Waals surface area contributed by atoms with E-state index in [1.807, 2.05) is 27.7 Å². The molecule has 138 valence electrons. The van der Waals surface area contributed by atoms with Crippen LogP contribution in [-0.2, 0) is 11.2 Å². The second-order valence-corrected chi connectivity index (χ2v) is 7.89. The second-order valence-electron chi connectivity index (χ2n) is 6.94. The maximum atomic E-state index is 12.7. The third kappa shape index (κ3) is 3.62. The zero-order chi connectivity index (χ0) is 18.8. The molecule has 1 aromatic heterocycles. The van der Waals surface area contributed by atoms with Crippen molar-refractivity contribution in [3.8, 4) is 5.69 Å². The molecule has 0 saturated heterocycles. The van der Waals surface area contributed by atoms with E-state index in [9.17, 15) is 4.79 Å². The van der Waals surface area contributed by atoms with Crippen molar-refractivity contribution in [2.24, 2.45) is 0 Å². The molecule has 0 radical (unpaired) electrons. The number of benzene rings is 2. The van der Waals surface area contributed by atoms with Gasteiger partial charge in [-0.05, 0) is 41.7 Å². The van der Waals surface area contributed by atoms with Crippen LogP contribution in [-0.4, -0.2) is 33.0 Å². The molecule has 0 saturated carbocycles. The van der Waals surface area contributed by atoms with Crippen molar-refractivity contribution in [2.75, 3.05) is 17.2 Å². The minimum Gasteiger partial charge on any atom is -0.311 e. The summed E-state index contributed by atoms with van der Waals surface area (Å²) in [6.07, 6.45) is 2.62. The van der Waals surface area contributed by atoms with Gasteiger partial charge in [0.2, 0.25) is 5.91 Å². The molecule has 5 nitrogen and oxygen atoms in total. The van der Waals surface area contributed by atoms with E-state index in [-0.39, 0.29) is 5.91 Å². The Labute approximate surface area is 163 Å². The highest BCUT2D eigenvalue weighted by molar-refractivity contribution is 7.99. The number of hydrogen-bond donors (Lipinski definition) is 0. The first kappa shape index (κ1) is 17.8. The number of para-hydroxylation sites is 1. The van der Waals surface area contributed by atoms with E-state index < -0.39 is 0 Å². The van der Waals surface area contributed by atoms with Gasteiger partial charge < -0.3 is 4.90 Å². The van der Waals surface area contributed by atoms with Crippen molar-refractivity contribution in [3.63, 3.8) is 0 Å². The molecule has 3 aromatic rings. The first-order chi connectivity index (χ1) is 13.1. The topological polar surface area (TPSA) is 51.0 Å². The Morgan fingerprint density at radius 3 is 2.70 bits per heavy atom. The number of rotatable bonds is 5. The van der Waals surface area contributed by atoms with Crippen LogP contribution >= 0.6 is 11.8 Å². The standard InChI is InChI=1S/C21H22N4OS/c1-15(2)16-7-9-18(10-8-16)25-14-22-23-21(25)27-13-20(26)24-12-11-17-5-3-4-6-19(17)24/h3-10,14-15H,11-13H2,1-2H3. The average molecular weight is 379 g/mol. The maximum Gasteiger partial charge on any atom is 0.237 e. The molecular formula is C21H22N4OS. The van der Waals surface area contributed by atoms with Crippen molar-refractivity contribution >= 4 is 23.4 Å². The van der Waals surface area contributed by atoms with Gasteiger partial charge in [0.05, 0.1) is 5.75 Å². The first-order valence-corrected chi connectivity index (χ1v) is 10.1. The van der Waals surface area contributed by atoms with E-state index in [2.05, 4.69) is 54.4 Å². The monoisotopic (exact) mass is 378 g/mol. The van der Waals surface area contributed by atoms with Gasteiger partial charge in [0.15, 0.2) is 5.16 Å². The number of thioether (sulfide) groups is 1. The lowest BCUT2D eigenvalue weighted by Gasteiger charge is -2.17. The van der Waals surface area contributed by atoms with Crippen LogP contribution in [0, 0.1) is 0 Å². The third-order valence-corrected chi connectivity index (χ3v) is 5.80. The number of aromatic nitrogens is 3. The fourth-order valence-corrected chi connectivity index (χ4v) is 4.13. The van der Waals surface area contributed by atoms with Crippen molar-refractivity contribution in [1.29, 1.82) is 0 Å². The molecule has 6 heteroatoms. The highest BCUT2D eigenvalue weighted by Crippen LogP contribution is 2.29. The van der Waals surface area contributed by atoms with Gasteiger partial charge >= 0.3 is 0 Å². The van der Waals surface area contributed by atoms with E-state index in [1.54, 1.807) is 6.33 Å². The number of anilines is 1. The largest absolute Gasteiger partial charge is 0.311 e. The van der Waals surface area contributed by atoms with Gasteiger partial charge in [-0.1, -0.05) is 55.9 Å². The third-order valence-electron chi connectivity index (χ3n) is 4.87. The number of amides is 1. The van der Waals surface area contributed by atoms with Crippen molar-refractivity contribution < 1.29 is 4.79 Å². The number of hydrogen-bond acceptors (Lipinski definition) is 4. The van der Waals surface area contributed by atoms with Gasteiger partial charge in [0, 0.05) is 17.9 Å². The Morgan fingerprint density at radius 2 is 1.93 bits per heavy atom. The molecule has 2 heterocycles. The lowest BCUT2D eigenvalue weighted by atomic mass is 10.0. The van der Waals surface area contributed by atoms with Crippen LogP contribution in [0.5, 0.6) is 0 Å². The minimum absolute atomic E-state index is 0.106. The Hall–Kier alpha value is -2.60. The van der Waals surface area contributed by atoms with Crippen molar-refractivity contribution in [3.05, 3.63) is 66.0 Å². The molecule has 0 unspecified atom stereocenters. The molecule has 0 atom stereocenters. The highest BCUT2D eigenvalue weighted by Gasteiger charge is 2.24. The van der Waals surface area contributed by atoms with E-state index >= 15 is 0 Å². The lowest BCUT2D eigenvalue weighted by molar-refractivity contribution is -0.116. The molecule has 2 aromatic carbocycles. The van der Waals surface area contributed by atoms with Crippen molar-refractivity contribution in [2.45, 2.75) is 31.3 Å². The Morgan fingerprint density at radius 1 is 1.15 bits per heavy atom. The molecular weight excluding hydrogens is 356 g/mol. The Balaban J connectivity index is 1.46. The fraction of sp³-hybridized carbons (Fsp3) is 0.286. The average Bonchev–Trinajstić information content (AvgIpc) is 3.33. The normalized spacial score (nSPS) is 13.2. The Bertz CT molecular complexity index is 949. The first-order valence-electron chi connectivity index (χ1n) is 9.15. The van der Waals surface area contributed by atoms with E-state index in [0.29, 0.717) is 11.7 Å². The molecule has 0 aliphatic carbocycles. The summed E-state index contributed by atoms with van der Waals surface area (Å²) in [5.41, 5.74) is 4.58. The van der Waals surface area contributed by atoms with E-state index in [0.717, 1.165) is 29.5 Å². The van der Waals surface area contributed by atoms with Crippen LogP contribution in [0.15, 0.2) is 60.0 Å². The molecule has 0 spiro atoms. The van der Waals surface area contributed by atoms with Crippen LogP contribution in [0.2, 0.25) is 0 Å². The SMILES string of the molecule is CC(C)c1ccc(-n2cnnc2SCC(=O)N2CCc3ccccc32)cc1. The van der Waals surface area contributed by atoms with Crippen LogP contribution in [0.4, 0.5) is 5.69 Å². The smallest absolute Gasteiger partial charge is 0.237 e. The van der Waals surface area contributed by atoms with Gasteiger partial charge in [-0.2, -0.15) is 0 Å². The molecule has 1 aliphatic rings. The maximum absolute atomic E-state index is 12.7. The number of carbonyl (C=O) groups is 1. The van der Waals surface area contributed by atoms with Crippen LogP contribution < -0.4 is 4.90 Å². The number of nitrogens with zero attached hydrogens (tertiary/aromatic N) is 4. The molecule has 27 heavy (non-hydrogen) atoms. The van der Waals surface area contributed by atoms with Gasteiger partial charge in [-0.15, -0.1) is 10.2 Å². The lowest BCUT2D eigenvalue weighted by Crippen LogP contribution is -2.30. The molecule has 0 bridgehead atoms. The summed E-state index contributed by atoms with van der Waals surface area (Å²) >= 11 is 1.43. The second kappa shape index (κ2) is 7.56. The highest BCUT2D eigenvalue weighted by atomic mass is 32.2. The summed E-state index contributed by atoms with van der Waals surface area (Å²) in [4.78, 5) is 14.6. The molecule has 1 aliphatic heterocycles. The van der Waals surface area contributed by atoms with Gasteiger partial charge in [-0.25, -0.2) is 0 Å². The van der Waals surface area contributed by atoms with Crippen LogP contribution in [0.3, 0.4) is 0 Å². The van der Waals surface area contributed by atoms with Crippen LogP contribution in [0.25, 0.3) is 5.69 Å². The summed E-state index contributed by atoms with van der Waals surface area (Å²) in [7, 11) is 0. The number of fused-ring (bicyclic) bond motifs is 1. The zero-order valence-electron chi connectivity index (χ0n) is 15.5. The van der Waals surface area contributed by atoms with Gasteiger partial charge in [-0.3, -0.25) is 9.36 Å². The van der Waals surface area contributed by atoms with E-state index in [4.69, 9.17) is 0 Å². The summed E-state index contributed by atoms with van der Waals surface area (Å²) in [6, 6.07) is 16.5. The molecule has 0 fully saturated rings. The predicted octanol–water partition coefficient (Wildman–Crippen LogP) is 4.07. The predicted molar refractivity (Wildman–Crippen MR) is 109 cm³/mol. The molecule has 0 N–H and O–H groups in total. The summed E-state index contributed by atoms with van der Waals surface area (Å²) in [6.45, 7) is 5.11. The van der Waals surface area contributed by atoms with E-state index in [1.165, 1.54) is 22.9 Å². The Kier molecular flexibility index (Phi) is 4.99. The number of carbonyl (C=O) groups excluding carboxylic acids is 1. The zero-order valence-corrected chi connectivity index (χ0v) is 16.3. The van der Waals surface area contributed by atoms with Gasteiger partial charge in [0.1, 0.15) is 6.33 Å². The summed E-state index contributed by atoms with van der Waals surface area (Å²) in [5.74, 6) is 0.946. The summed E-state index contributed by atoms with van der Waals surface area (Å²) in [5, 5.41) is 8.96. The fourth-order valence-electron chi connectivity index (χ4n) is 3.32.